The molecule has 0 atom stereocenters. The van der Waals surface area contributed by atoms with Crippen molar-refractivity contribution in [2.45, 2.75) is 13.2 Å². The number of benzene rings is 1. The van der Waals surface area contributed by atoms with Crippen LogP contribution in [0.2, 0.25) is 0 Å². The molecule has 2 aromatic heterocycles. The molecule has 0 radical (unpaired) electrons. The molecule has 2 heterocycles. The normalized spacial score (nSPS) is 11.4. The lowest BCUT2D eigenvalue weighted by atomic mass is 10.1. The third-order valence-electron chi connectivity index (χ3n) is 4.22. The lowest BCUT2D eigenvalue weighted by Gasteiger charge is -2.18. The van der Waals surface area contributed by atoms with E-state index >= 15 is 0 Å². The van der Waals surface area contributed by atoms with Gasteiger partial charge in [-0.25, -0.2) is 14.0 Å². The van der Waals surface area contributed by atoms with E-state index in [0.29, 0.717) is 15.8 Å². The smallest absolute Gasteiger partial charge is 0.396 e. The molecule has 2 N–H and O–H groups in total. The highest BCUT2D eigenvalue weighted by Crippen LogP contribution is 2.31. The van der Waals surface area contributed by atoms with E-state index in [9.17, 15) is 22.8 Å². The molecule has 28 heavy (non-hydrogen) atoms. The van der Waals surface area contributed by atoms with Crippen LogP contribution in [0, 0.1) is 18.3 Å². The van der Waals surface area contributed by atoms with Gasteiger partial charge in [-0.1, -0.05) is 0 Å². The second-order valence-corrected chi connectivity index (χ2v) is 5.93. The zero-order valence-corrected chi connectivity index (χ0v) is 14.7. The van der Waals surface area contributed by atoms with Crippen LogP contribution in [0.25, 0.3) is 16.9 Å². The molecule has 0 aliphatic carbocycles. The number of hydrogen-bond donors (Lipinski definition) is 1. The molecule has 11 heteroatoms. The average Bonchev–Trinajstić information content (AvgIpc) is 3.00. The fourth-order valence-corrected chi connectivity index (χ4v) is 2.87. The van der Waals surface area contributed by atoms with Crippen LogP contribution in [0.3, 0.4) is 0 Å². The summed E-state index contributed by atoms with van der Waals surface area (Å²) >= 11 is 0. The largest absolute Gasteiger partial charge is 0.492 e. The van der Waals surface area contributed by atoms with Crippen LogP contribution in [0.1, 0.15) is 11.3 Å². The fraction of sp³-hybridized carbons (Fsp3) is 0.176. The van der Waals surface area contributed by atoms with E-state index in [1.54, 1.807) is 0 Å². The second-order valence-electron chi connectivity index (χ2n) is 5.93. The number of alkyl halides is 3. The van der Waals surface area contributed by atoms with Crippen molar-refractivity contribution in [1.82, 2.24) is 18.9 Å². The standard InChI is InChI=1S/C17H13F3N6O2/c1-9-13(15(27)24(2)16(28)25(9)17(18,19)20)14-12(22)8-23-26(14)11-5-3-10(7-21)4-6-11/h3-6,8H,22H2,1-2H3. The van der Waals surface area contributed by atoms with Gasteiger partial charge in [0.15, 0.2) is 0 Å². The first-order valence-electron chi connectivity index (χ1n) is 7.82. The molecule has 0 spiro atoms. The van der Waals surface area contributed by atoms with Crippen LogP contribution < -0.4 is 17.0 Å². The fourth-order valence-electron chi connectivity index (χ4n) is 2.87. The Morgan fingerprint density at radius 2 is 1.79 bits per heavy atom. The van der Waals surface area contributed by atoms with E-state index in [2.05, 4.69) is 5.10 Å². The van der Waals surface area contributed by atoms with Crippen molar-refractivity contribution >= 4 is 5.69 Å². The van der Waals surface area contributed by atoms with Crippen LogP contribution in [-0.4, -0.2) is 18.9 Å². The first-order chi connectivity index (χ1) is 13.1. The quantitative estimate of drug-likeness (QED) is 0.715. The topological polar surface area (TPSA) is 112 Å². The number of aromatic nitrogens is 4. The summed E-state index contributed by atoms with van der Waals surface area (Å²) in [4.78, 5) is 24.7. The molecular formula is C17H13F3N6O2. The minimum atomic E-state index is -5.03. The predicted octanol–water partition coefficient (Wildman–Crippen LogP) is 1.64. The molecule has 0 amide bonds. The van der Waals surface area contributed by atoms with E-state index in [0.717, 1.165) is 14.0 Å². The first-order valence-corrected chi connectivity index (χ1v) is 7.82. The number of nitrogens with two attached hydrogens (primary N) is 1. The highest BCUT2D eigenvalue weighted by Gasteiger charge is 2.37. The van der Waals surface area contributed by atoms with Crippen molar-refractivity contribution in [2.24, 2.45) is 7.05 Å². The SMILES string of the molecule is Cc1c(-c2c(N)cnn2-c2ccc(C#N)cc2)c(=O)n(C)c(=O)n1C(F)(F)F. The Labute approximate surface area is 155 Å². The van der Waals surface area contributed by atoms with Crippen LogP contribution in [0.4, 0.5) is 18.9 Å². The predicted molar refractivity (Wildman–Crippen MR) is 93.7 cm³/mol. The summed E-state index contributed by atoms with van der Waals surface area (Å²) in [5.74, 6) is 0. The Morgan fingerprint density at radius 1 is 1.18 bits per heavy atom. The van der Waals surface area contributed by atoms with Crippen molar-refractivity contribution < 1.29 is 13.2 Å². The van der Waals surface area contributed by atoms with Gasteiger partial charge in [-0.05, 0) is 31.2 Å². The van der Waals surface area contributed by atoms with Gasteiger partial charge < -0.3 is 5.73 Å². The summed E-state index contributed by atoms with van der Waals surface area (Å²) in [7, 11) is 0.953. The molecule has 3 aromatic rings. The van der Waals surface area contributed by atoms with Crippen LogP contribution in [0.5, 0.6) is 0 Å². The highest BCUT2D eigenvalue weighted by atomic mass is 19.4. The van der Waals surface area contributed by atoms with Gasteiger partial charge in [0.05, 0.1) is 34.8 Å². The number of rotatable bonds is 2. The maximum Gasteiger partial charge on any atom is 0.492 e. The molecule has 0 saturated carbocycles. The Bertz CT molecular complexity index is 1230. The minimum Gasteiger partial charge on any atom is -0.396 e. The van der Waals surface area contributed by atoms with E-state index < -0.39 is 33.4 Å². The number of nitrogen functional groups attached to an aromatic ring is 1. The lowest BCUT2D eigenvalue weighted by Crippen LogP contribution is -2.44. The third kappa shape index (κ3) is 2.84. The molecule has 0 aliphatic rings. The molecule has 0 unspecified atom stereocenters. The third-order valence-corrected chi connectivity index (χ3v) is 4.22. The molecule has 1 aromatic carbocycles. The molecule has 3 rings (SSSR count). The van der Waals surface area contributed by atoms with Crippen LogP contribution >= 0.6 is 0 Å². The van der Waals surface area contributed by atoms with Gasteiger partial charge in [-0.3, -0.25) is 9.36 Å². The van der Waals surface area contributed by atoms with E-state index in [1.807, 2.05) is 6.07 Å². The highest BCUT2D eigenvalue weighted by molar-refractivity contribution is 5.75. The molecule has 8 nitrogen and oxygen atoms in total. The number of hydrogen-bond acceptors (Lipinski definition) is 5. The van der Waals surface area contributed by atoms with Crippen molar-refractivity contribution in [1.29, 1.82) is 5.26 Å². The van der Waals surface area contributed by atoms with E-state index in [4.69, 9.17) is 11.0 Å². The lowest BCUT2D eigenvalue weighted by molar-refractivity contribution is -0.208. The van der Waals surface area contributed by atoms with Gasteiger partial charge >= 0.3 is 12.0 Å². The molecule has 0 bridgehead atoms. The van der Waals surface area contributed by atoms with Gasteiger partial charge in [0.2, 0.25) is 0 Å². The van der Waals surface area contributed by atoms with E-state index in [1.165, 1.54) is 35.1 Å². The van der Waals surface area contributed by atoms with Gasteiger partial charge in [-0.2, -0.15) is 10.4 Å². The number of anilines is 1. The molecule has 0 fully saturated rings. The van der Waals surface area contributed by atoms with Gasteiger partial charge in [0, 0.05) is 12.7 Å². The maximum absolute atomic E-state index is 13.4. The summed E-state index contributed by atoms with van der Waals surface area (Å²) in [6.07, 6.45) is -3.84. The van der Waals surface area contributed by atoms with Crippen LogP contribution in [-0.2, 0) is 13.3 Å². The molecule has 144 valence electrons. The summed E-state index contributed by atoms with van der Waals surface area (Å²) < 4.78 is 41.4. The minimum absolute atomic E-state index is 0.0445. The van der Waals surface area contributed by atoms with Gasteiger partial charge in [0.1, 0.15) is 5.69 Å². The Balaban J connectivity index is 2.39. The monoisotopic (exact) mass is 390 g/mol. The maximum atomic E-state index is 13.4. The average molecular weight is 390 g/mol. The van der Waals surface area contributed by atoms with Crippen molar-refractivity contribution in [3.8, 4) is 23.0 Å². The number of nitriles is 1. The molecule has 0 aliphatic heterocycles. The first kappa shape index (κ1) is 19.0. The molecular weight excluding hydrogens is 377 g/mol. The Morgan fingerprint density at radius 3 is 2.32 bits per heavy atom. The van der Waals surface area contributed by atoms with Crippen molar-refractivity contribution in [3.05, 3.63) is 62.6 Å². The summed E-state index contributed by atoms with van der Waals surface area (Å²) in [6, 6.07) is 7.93. The zero-order chi connectivity index (χ0) is 20.8. The van der Waals surface area contributed by atoms with Crippen molar-refractivity contribution in [2.75, 3.05) is 5.73 Å². The van der Waals surface area contributed by atoms with Crippen molar-refractivity contribution in [3.63, 3.8) is 0 Å². The van der Waals surface area contributed by atoms with E-state index in [-0.39, 0.29) is 11.4 Å². The Kier molecular flexibility index (Phi) is 4.35. The Hall–Kier alpha value is -3.81. The number of nitrogens with zero attached hydrogens (tertiary/aromatic N) is 5. The zero-order valence-electron chi connectivity index (χ0n) is 14.7. The summed E-state index contributed by atoms with van der Waals surface area (Å²) in [5.41, 5.74) is 3.04. The second kappa shape index (κ2) is 6.41. The number of halogens is 3. The summed E-state index contributed by atoms with van der Waals surface area (Å²) in [6.45, 7) is 1.02. The molecule has 0 saturated heterocycles. The summed E-state index contributed by atoms with van der Waals surface area (Å²) in [5, 5.41) is 12.9. The van der Waals surface area contributed by atoms with Gasteiger partial charge in [0.25, 0.3) is 5.56 Å². The van der Waals surface area contributed by atoms with Crippen LogP contribution in [0.15, 0.2) is 40.1 Å². The van der Waals surface area contributed by atoms with Gasteiger partial charge in [-0.15, -0.1) is 13.2 Å².